The third-order valence-corrected chi connectivity index (χ3v) is 7.01. The van der Waals surface area contributed by atoms with Gasteiger partial charge in [-0.05, 0) is 60.9 Å². The fraction of sp³-hybridized carbons (Fsp3) is 0.121. The van der Waals surface area contributed by atoms with Crippen molar-refractivity contribution in [1.29, 1.82) is 0 Å². The van der Waals surface area contributed by atoms with Crippen molar-refractivity contribution in [1.82, 2.24) is 0 Å². The predicted octanol–water partition coefficient (Wildman–Crippen LogP) is 7.16. The number of amides is 1. The molecule has 38 heavy (non-hydrogen) atoms. The van der Waals surface area contributed by atoms with Crippen LogP contribution < -0.4 is 10.0 Å². The topological polar surface area (TPSA) is 48.3 Å². The largest absolute Gasteiger partial charge is 0.280 e. The van der Waals surface area contributed by atoms with Crippen molar-refractivity contribution in [3.8, 4) is 0 Å². The van der Waals surface area contributed by atoms with Gasteiger partial charge in [0.05, 0.1) is 34.4 Å². The molecule has 1 unspecified atom stereocenters. The number of hydrogen-bond donors (Lipinski definition) is 0. The second kappa shape index (κ2) is 9.94. The zero-order valence-corrected chi connectivity index (χ0v) is 21.5. The summed E-state index contributed by atoms with van der Waals surface area (Å²) in [5.74, 6) is -0.115. The highest BCUT2D eigenvalue weighted by Gasteiger charge is 2.30. The van der Waals surface area contributed by atoms with Crippen LogP contribution in [-0.2, 0) is 4.79 Å². The van der Waals surface area contributed by atoms with E-state index < -0.39 is 0 Å². The number of aryl methyl sites for hydroxylation is 1. The summed E-state index contributed by atoms with van der Waals surface area (Å²) in [5, 5.41) is 13.2. The van der Waals surface area contributed by atoms with Gasteiger partial charge in [0.1, 0.15) is 0 Å². The Morgan fingerprint density at radius 1 is 0.737 bits per heavy atom. The Kier molecular flexibility index (Phi) is 6.18. The molecule has 4 aromatic carbocycles. The zero-order valence-electron chi connectivity index (χ0n) is 21.5. The monoisotopic (exact) mass is 496 g/mol. The van der Waals surface area contributed by atoms with Gasteiger partial charge in [0.25, 0.3) is 5.91 Å². The number of benzene rings is 4. The van der Waals surface area contributed by atoms with Crippen LogP contribution in [0.1, 0.15) is 41.6 Å². The summed E-state index contributed by atoms with van der Waals surface area (Å²) < 4.78 is 0. The number of carbonyl (C=O) groups excluding carboxylic acids is 1. The highest BCUT2D eigenvalue weighted by Crippen LogP contribution is 2.37. The minimum Gasteiger partial charge on any atom is -0.267 e. The number of anilines is 2. The van der Waals surface area contributed by atoms with Gasteiger partial charge in [-0.2, -0.15) is 15.2 Å². The molecule has 0 aliphatic carbocycles. The number of nitrogens with zero attached hydrogens (tertiary/aromatic N) is 4. The Balaban J connectivity index is 1.28. The quantitative estimate of drug-likeness (QED) is 0.275. The first kappa shape index (κ1) is 23.6. The molecule has 2 aliphatic rings. The lowest BCUT2D eigenvalue weighted by atomic mass is 9.98. The minimum atomic E-state index is -0.115. The Hall–Kier alpha value is -4.77. The van der Waals surface area contributed by atoms with E-state index in [1.807, 2.05) is 68.5 Å². The lowest BCUT2D eigenvalue weighted by Crippen LogP contribution is -2.21. The summed E-state index contributed by atoms with van der Waals surface area (Å²) in [6.07, 6.45) is 2.75. The van der Waals surface area contributed by atoms with E-state index in [-0.39, 0.29) is 11.9 Å². The van der Waals surface area contributed by atoms with Gasteiger partial charge in [0, 0.05) is 6.42 Å². The van der Waals surface area contributed by atoms with E-state index in [1.54, 1.807) is 0 Å². The van der Waals surface area contributed by atoms with Gasteiger partial charge in [-0.3, -0.25) is 9.80 Å². The summed E-state index contributed by atoms with van der Waals surface area (Å²) in [7, 11) is 0. The van der Waals surface area contributed by atoms with E-state index >= 15 is 0 Å². The maximum absolute atomic E-state index is 13.2. The average molecular weight is 497 g/mol. The van der Waals surface area contributed by atoms with Crippen molar-refractivity contribution in [2.45, 2.75) is 26.3 Å². The third-order valence-electron chi connectivity index (χ3n) is 7.01. The molecule has 1 atom stereocenters. The van der Waals surface area contributed by atoms with Gasteiger partial charge in [0.2, 0.25) is 0 Å². The van der Waals surface area contributed by atoms with E-state index in [9.17, 15) is 4.79 Å². The standard InChI is InChI=1S/C33H28N4O/c1-23-13-17-29(18-14-23)37-33(38)30(24(2)34-37)21-25-15-19-28(20-16-25)36-32(27-11-7-4-8-12-27)22-31(35-36)26-9-5-3-6-10-26/h3-21,32H,22H2,1-2H3. The van der Waals surface area contributed by atoms with Crippen molar-refractivity contribution in [2.24, 2.45) is 10.2 Å². The first-order valence-corrected chi connectivity index (χ1v) is 12.8. The summed E-state index contributed by atoms with van der Waals surface area (Å²) >= 11 is 0. The SMILES string of the molecule is CC1=NN(c2ccc(C)cc2)C(=O)C1=Cc1ccc(N2N=C(c3ccccc3)CC2c2ccccc2)cc1. The highest BCUT2D eigenvalue weighted by molar-refractivity contribution is 6.32. The predicted molar refractivity (Wildman–Crippen MR) is 155 cm³/mol. The molecule has 1 amide bonds. The van der Waals surface area contributed by atoms with E-state index in [1.165, 1.54) is 10.6 Å². The van der Waals surface area contributed by atoms with Crippen molar-refractivity contribution in [2.75, 3.05) is 10.0 Å². The molecule has 2 heterocycles. The van der Waals surface area contributed by atoms with Crippen LogP contribution >= 0.6 is 0 Å². The van der Waals surface area contributed by atoms with Gasteiger partial charge in [-0.25, -0.2) is 0 Å². The molecule has 2 aliphatic heterocycles. The molecule has 186 valence electrons. The second-order valence-corrected chi connectivity index (χ2v) is 9.68. The molecule has 0 saturated carbocycles. The fourth-order valence-corrected chi connectivity index (χ4v) is 4.92. The number of rotatable bonds is 5. The van der Waals surface area contributed by atoms with Crippen LogP contribution in [0.5, 0.6) is 0 Å². The number of carbonyl (C=O) groups is 1. The molecule has 0 bridgehead atoms. The van der Waals surface area contributed by atoms with Crippen LogP contribution in [0, 0.1) is 6.92 Å². The van der Waals surface area contributed by atoms with Gasteiger partial charge >= 0.3 is 0 Å². The molecule has 5 nitrogen and oxygen atoms in total. The van der Waals surface area contributed by atoms with Gasteiger partial charge in [0.15, 0.2) is 0 Å². The summed E-state index contributed by atoms with van der Waals surface area (Å²) in [6, 6.07) is 37.0. The van der Waals surface area contributed by atoms with Crippen LogP contribution in [-0.4, -0.2) is 17.3 Å². The molecule has 0 N–H and O–H groups in total. The Bertz CT molecular complexity index is 1550. The van der Waals surface area contributed by atoms with Crippen molar-refractivity contribution < 1.29 is 4.79 Å². The lowest BCUT2D eigenvalue weighted by Gasteiger charge is -2.24. The first-order valence-electron chi connectivity index (χ1n) is 12.8. The number of hydrazone groups is 2. The second-order valence-electron chi connectivity index (χ2n) is 9.68. The van der Waals surface area contributed by atoms with Crippen molar-refractivity contribution in [3.05, 3.63) is 137 Å². The van der Waals surface area contributed by atoms with Gasteiger partial charge in [-0.15, -0.1) is 0 Å². The Morgan fingerprint density at radius 2 is 1.37 bits per heavy atom. The molecular formula is C33H28N4O. The summed E-state index contributed by atoms with van der Waals surface area (Å²) in [5.41, 5.74) is 8.63. The maximum atomic E-state index is 13.2. The molecule has 0 aromatic heterocycles. The molecule has 0 saturated heterocycles. The minimum absolute atomic E-state index is 0.115. The smallest absolute Gasteiger partial charge is 0.267 e. The first-order chi connectivity index (χ1) is 18.6. The maximum Gasteiger partial charge on any atom is 0.280 e. The summed E-state index contributed by atoms with van der Waals surface area (Å²) in [6.45, 7) is 3.90. The van der Waals surface area contributed by atoms with Crippen LogP contribution in [0.3, 0.4) is 0 Å². The highest BCUT2D eigenvalue weighted by atomic mass is 16.2. The lowest BCUT2D eigenvalue weighted by molar-refractivity contribution is -0.114. The summed E-state index contributed by atoms with van der Waals surface area (Å²) in [4.78, 5) is 13.2. The molecule has 4 aromatic rings. The Morgan fingerprint density at radius 3 is 2.05 bits per heavy atom. The molecular weight excluding hydrogens is 468 g/mol. The van der Waals surface area contributed by atoms with Crippen LogP contribution in [0.25, 0.3) is 6.08 Å². The van der Waals surface area contributed by atoms with E-state index in [2.05, 4.69) is 70.8 Å². The number of hydrogen-bond acceptors (Lipinski definition) is 4. The van der Waals surface area contributed by atoms with Crippen molar-refractivity contribution >= 4 is 34.8 Å². The molecule has 0 fully saturated rings. The van der Waals surface area contributed by atoms with Crippen LogP contribution in [0.4, 0.5) is 11.4 Å². The average Bonchev–Trinajstić information content (AvgIpc) is 3.53. The molecule has 0 radical (unpaired) electrons. The zero-order chi connectivity index (χ0) is 26.1. The van der Waals surface area contributed by atoms with Gasteiger partial charge in [-0.1, -0.05) is 90.5 Å². The fourth-order valence-electron chi connectivity index (χ4n) is 4.92. The molecule has 6 rings (SSSR count). The van der Waals surface area contributed by atoms with Gasteiger partial charge < -0.3 is 0 Å². The van der Waals surface area contributed by atoms with Crippen LogP contribution in [0.15, 0.2) is 125 Å². The van der Waals surface area contributed by atoms with E-state index in [0.717, 1.165) is 40.2 Å². The van der Waals surface area contributed by atoms with Crippen molar-refractivity contribution in [3.63, 3.8) is 0 Å². The van der Waals surface area contributed by atoms with E-state index in [4.69, 9.17) is 5.10 Å². The molecule has 5 heteroatoms. The van der Waals surface area contributed by atoms with E-state index in [0.29, 0.717) is 11.3 Å². The molecule has 0 spiro atoms. The third kappa shape index (κ3) is 4.55. The normalized spacial score (nSPS) is 18.2. The Labute approximate surface area is 223 Å². The van der Waals surface area contributed by atoms with Crippen LogP contribution in [0.2, 0.25) is 0 Å².